The van der Waals surface area contributed by atoms with E-state index in [0.29, 0.717) is 25.2 Å². The minimum Gasteiger partial charge on any atom is -0.356 e. The molecule has 1 aromatic heterocycles. The highest BCUT2D eigenvalue weighted by atomic mass is 19.3. The smallest absolute Gasteiger partial charge is 0.340 e. The van der Waals surface area contributed by atoms with Gasteiger partial charge in [-0.1, -0.05) is 0 Å². The van der Waals surface area contributed by atoms with Crippen LogP contribution >= 0.6 is 0 Å². The van der Waals surface area contributed by atoms with Crippen molar-refractivity contribution < 1.29 is 13.6 Å². The zero-order valence-electron chi connectivity index (χ0n) is 10.3. The summed E-state index contributed by atoms with van der Waals surface area (Å²) in [5, 5.41) is 8.60. The van der Waals surface area contributed by atoms with E-state index in [2.05, 4.69) is 20.5 Å². The number of halogens is 2. The Kier molecular flexibility index (Phi) is 3.96. The van der Waals surface area contributed by atoms with Gasteiger partial charge in [-0.2, -0.15) is 5.10 Å². The fourth-order valence-corrected chi connectivity index (χ4v) is 2.21. The maximum atomic E-state index is 12.9. The Morgan fingerprint density at radius 2 is 2.32 bits per heavy atom. The van der Waals surface area contributed by atoms with E-state index in [1.807, 2.05) is 0 Å². The van der Waals surface area contributed by atoms with E-state index in [0.717, 1.165) is 0 Å². The molecule has 1 amide bonds. The second kappa shape index (κ2) is 5.50. The fourth-order valence-electron chi connectivity index (χ4n) is 2.21. The first-order chi connectivity index (χ1) is 8.96. The molecule has 1 aromatic rings. The van der Waals surface area contributed by atoms with Crippen LogP contribution in [0.3, 0.4) is 0 Å². The normalized spacial score (nSPS) is 21.5. The van der Waals surface area contributed by atoms with Crippen molar-refractivity contribution in [1.29, 1.82) is 0 Å². The van der Waals surface area contributed by atoms with Gasteiger partial charge in [0, 0.05) is 31.7 Å². The summed E-state index contributed by atoms with van der Waals surface area (Å²) in [6.45, 7) is 0.385. The molecule has 0 spiro atoms. The highest BCUT2D eigenvalue weighted by molar-refractivity contribution is 5.79. The van der Waals surface area contributed by atoms with Gasteiger partial charge in [-0.3, -0.25) is 9.78 Å². The minimum absolute atomic E-state index is 0.209. The van der Waals surface area contributed by atoms with Crippen LogP contribution < -0.4 is 11.0 Å². The molecule has 19 heavy (non-hydrogen) atoms. The van der Waals surface area contributed by atoms with Crippen LogP contribution in [0, 0.1) is 5.92 Å². The molecule has 1 unspecified atom stereocenters. The number of amides is 1. The van der Waals surface area contributed by atoms with E-state index in [1.165, 1.54) is 0 Å². The van der Waals surface area contributed by atoms with E-state index < -0.39 is 11.8 Å². The van der Waals surface area contributed by atoms with Crippen LogP contribution in [-0.4, -0.2) is 33.6 Å². The van der Waals surface area contributed by atoms with Gasteiger partial charge in [0.25, 0.3) is 0 Å². The van der Waals surface area contributed by atoms with Gasteiger partial charge in [0.2, 0.25) is 11.8 Å². The molecule has 0 aromatic carbocycles. The van der Waals surface area contributed by atoms with Gasteiger partial charge in [-0.15, -0.1) is 0 Å². The molecule has 1 fully saturated rings. The Balaban J connectivity index is 1.66. The Morgan fingerprint density at radius 3 is 2.89 bits per heavy atom. The molecule has 2 rings (SSSR count). The number of carbonyl (C=O) groups excluding carboxylic acids is 1. The van der Waals surface area contributed by atoms with Gasteiger partial charge in [0.15, 0.2) is 0 Å². The summed E-state index contributed by atoms with van der Waals surface area (Å²) in [6.07, 6.45) is 0.784. The minimum atomic E-state index is -2.70. The maximum absolute atomic E-state index is 12.9. The number of aryl methyl sites for hydroxylation is 1. The van der Waals surface area contributed by atoms with E-state index in [1.54, 1.807) is 0 Å². The topological polar surface area (TPSA) is 90.6 Å². The lowest BCUT2D eigenvalue weighted by atomic mass is 10.1. The van der Waals surface area contributed by atoms with Crippen molar-refractivity contribution in [3.05, 3.63) is 16.3 Å². The number of carbonyl (C=O) groups is 1. The average molecular weight is 274 g/mol. The largest absolute Gasteiger partial charge is 0.356 e. The molecule has 0 bridgehead atoms. The third-order valence-corrected chi connectivity index (χ3v) is 3.21. The lowest BCUT2D eigenvalue weighted by Gasteiger charge is -2.11. The molecule has 6 nitrogen and oxygen atoms in total. The summed E-state index contributed by atoms with van der Waals surface area (Å²) in [5.74, 6) is -3.07. The summed E-state index contributed by atoms with van der Waals surface area (Å²) >= 11 is 0. The molecule has 1 heterocycles. The summed E-state index contributed by atoms with van der Waals surface area (Å²) < 4.78 is 25.9. The van der Waals surface area contributed by atoms with Crippen molar-refractivity contribution in [2.45, 2.75) is 38.0 Å². The van der Waals surface area contributed by atoms with Crippen LogP contribution in [0.15, 0.2) is 4.79 Å². The molecule has 1 saturated carbocycles. The van der Waals surface area contributed by atoms with Crippen LogP contribution in [0.1, 0.15) is 31.5 Å². The molecule has 3 N–H and O–H groups in total. The van der Waals surface area contributed by atoms with Crippen LogP contribution in [0.5, 0.6) is 0 Å². The predicted molar refractivity (Wildman–Crippen MR) is 62.8 cm³/mol. The SMILES string of the molecule is O=C(NCCCc1n[nH]c(=O)[nH]1)C1CCC(F)(F)C1. The summed E-state index contributed by atoms with van der Waals surface area (Å²) in [6, 6.07) is 0. The highest BCUT2D eigenvalue weighted by Gasteiger charge is 2.42. The van der Waals surface area contributed by atoms with E-state index in [-0.39, 0.29) is 30.9 Å². The number of aromatic nitrogens is 3. The molecule has 106 valence electrons. The highest BCUT2D eigenvalue weighted by Crippen LogP contribution is 2.38. The Bertz CT molecular complexity index is 497. The van der Waals surface area contributed by atoms with E-state index in [4.69, 9.17) is 0 Å². The lowest BCUT2D eigenvalue weighted by Crippen LogP contribution is -2.31. The van der Waals surface area contributed by atoms with Crippen LogP contribution in [-0.2, 0) is 11.2 Å². The number of H-pyrrole nitrogens is 2. The third kappa shape index (κ3) is 3.87. The van der Waals surface area contributed by atoms with E-state index >= 15 is 0 Å². The molecule has 0 radical (unpaired) electrons. The van der Waals surface area contributed by atoms with Crippen molar-refractivity contribution >= 4 is 5.91 Å². The fraction of sp³-hybridized carbons (Fsp3) is 0.727. The molecular formula is C11H16F2N4O2. The van der Waals surface area contributed by atoms with Crippen LogP contribution in [0.25, 0.3) is 0 Å². The van der Waals surface area contributed by atoms with Crippen molar-refractivity contribution in [2.24, 2.45) is 5.92 Å². The Hall–Kier alpha value is -1.73. The zero-order valence-corrected chi connectivity index (χ0v) is 10.3. The van der Waals surface area contributed by atoms with Crippen LogP contribution in [0.2, 0.25) is 0 Å². The number of rotatable bonds is 5. The first kappa shape index (κ1) is 13.7. The van der Waals surface area contributed by atoms with Gasteiger partial charge >= 0.3 is 5.69 Å². The number of hydrogen-bond donors (Lipinski definition) is 3. The van der Waals surface area contributed by atoms with Crippen molar-refractivity contribution in [2.75, 3.05) is 6.54 Å². The maximum Gasteiger partial charge on any atom is 0.340 e. The van der Waals surface area contributed by atoms with Gasteiger partial charge in [0.1, 0.15) is 5.82 Å². The Morgan fingerprint density at radius 1 is 1.53 bits per heavy atom. The summed E-state index contributed by atoms with van der Waals surface area (Å²) in [7, 11) is 0. The number of aromatic amines is 2. The van der Waals surface area contributed by atoms with E-state index in [9.17, 15) is 18.4 Å². The number of nitrogens with zero attached hydrogens (tertiary/aromatic N) is 1. The van der Waals surface area contributed by atoms with Crippen LogP contribution in [0.4, 0.5) is 8.78 Å². The summed E-state index contributed by atoms with van der Waals surface area (Å²) in [4.78, 5) is 24.9. The molecule has 8 heteroatoms. The lowest BCUT2D eigenvalue weighted by molar-refractivity contribution is -0.125. The summed E-state index contributed by atoms with van der Waals surface area (Å²) in [5.41, 5.74) is -0.368. The number of alkyl halides is 2. The third-order valence-electron chi connectivity index (χ3n) is 3.21. The van der Waals surface area contributed by atoms with Crippen molar-refractivity contribution in [3.63, 3.8) is 0 Å². The Labute approximate surface area is 108 Å². The second-order valence-corrected chi connectivity index (χ2v) is 4.81. The van der Waals surface area contributed by atoms with Crippen molar-refractivity contribution in [1.82, 2.24) is 20.5 Å². The predicted octanol–water partition coefficient (Wildman–Crippen LogP) is 0.582. The first-order valence-electron chi connectivity index (χ1n) is 6.25. The zero-order chi connectivity index (χ0) is 13.9. The number of hydrogen-bond acceptors (Lipinski definition) is 3. The second-order valence-electron chi connectivity index (χ2n) is 4.81. The molecular weight excluding hydrogens is 258 g/mol. The van der Waals surface area contributed by atoms with Crippen molar-refractivity contribution in [3.8, 4) is 0 Å². The van der Waals surface area contributed by atoms with Gasteiger partial charge in [-0.05, 0) is 12.8 Å². The molecule has 0 aliphatic heterocycles. The van der Waals surface area contributed by atoms with Gasteiger partial charge < -0.3 is 5.32 Å². The molecule has 1 aliphatic rings. The van der Waals surface area contributed by atoms with Gasteiger partial charge in [0.05, 0.1) is 0 Å². The monoisotopic (exact) mass is 274 g/mol. The quantitative estimate of drug-likeness (QED) is 0.686. The van der Waals surface area contributed by atoms with Gasteiger partial charge in [-0.25, -0.2) is 18.7 Å². The molecule has 0 saturated heterocycles. The standard InChI is InChI=1S/C11H16F2N4O2/c12-11(13)4-3-7(6-11)9(18)14-5-1-2-8-15-10(19)17-16-8/h7H,1-6H2,(H,14,18)(H2,15,16,17,19). The molecule has 1 atom stereocenters. The average Bonchev–Trinajstić information content (AvgIpc) is 2.90. The first-order valence-corrected chi connectivity index (χ1v) is 6.25. The number of nitrogens with one attached hydrogen (secondary N) is 3. The molecule has 1 aliphatic carbocycles.